The average Bonchev–Trinajstić information content (AvgIpc) is 2.28. The van der Waals surface area contributed by atoms with Crippen molar-refractivity contribution in [3.05, 3.63) is 29.8 Å². The number of piperazine rings is 1. The summed E-state index contributed by atoms with van der Waals surface area (Å²) in [6.45, 7) is 11.2. The Bertz CT molecular complexity index is 346. The van der Waals surface area contributed by atoms with E-state index in [-0.39, 0.29) is 0 Å². The molecule has 0 bridgehead atoms. The highest BCUT2D eigenvalue weighted by molar-refractivity contribution is 5.48. The summed E-state index contributed by atoms with van der Waals surface area (Å²) in [6.07, 6.45) is 0. The Labute approximate surface area is 105 Å². The first kappa shape index (κ1) is 12.4. The van der Waals surface area contributed by atoms with E-state index >= 15 is 0 Å². The molecule has 1 aromatic rings. The summed E-state index contributed by atoms with van der Waals surface area (Å²) in [5, 5.41) is 3.57. The van der Waals surface area contributed by atoms with Crippen LogP contribution in [0.15, 0.2) is 24.3 Å². The SMILES string of the molecule is CC(C)c1ccc(N2C[C@@H](C)N[C@H](C)C2)cc1. The Hall–Kier alpha value is -1.02. The van der Waals surface area contributed by atoms with Gasteiger partial charge in [-0.3, -0.25) is 0 Å². The van der Waals surface area contributed by atoms with E-state index in [0.717, 1.165) is 13.1 Å². The third kappa shape index (κ3) is 3.01. The molecule has 1 heterocycles. The number of rotatable bonds is 2. The number of anilines is 1. The monoisotopic (exact) mass is 232 g/mol. The lowest BCUT2D eigenvalue weighted by atomic mass is 10.0. The van der Waals surface area contributed by atoms with Crippen molar-refractivity contribution in [2.45, 2.75) is 45.7 Å². The van der Waals surface area contributed by atoms with Crippen LogP contribution < -0.4 is 10.2 Å². The third-order valence-corrected chi connectivity index (χ3v) is 3.48. The highest BCUT2D eigenvalue weighted by Crippen LogP contribution is 2.21. The van der Waals surface area contributed by atoms with E-state index in [1.54, 1.807) is 0 Å². The molecule has 94 valence electrons. The van der Waals surface area contributed by atoms with E-state index in [1.807, 2.05) is 0 Å². The number of nitrogens with zero attached hydrogens (tertiary/aromatic N) is 1. The van der Waals surface area contributed by atoms with Crippen molar-refractivity contribution in [2.24, 2.45) is 0 Å². The van der Waals surface area contributed by atoms with Gasteiger partial charge in [0.2, 0.25) is 0 Å². The quantitative estimate of drug-likeness (QED) is 0.843. The van der Waals surface area contributed by atoms with Crippen molar-refractivity contribution in [1.29, 1.82) is 0 Å². The van der Waals surface area contributed by atoms with E-state index in [4.69, 9.17) is 0 Å². The van der Waals surface area contributed by atoms with E-state index in [9.17, 15) is 0 Å². The molecule has 2 nitrogen and oxygen atoms in total. The first-order chi connectivity index (χ1) is 8.06. The number of hydrogen-bond acceptors (Lipinski definition) is 2. The normalized spacial score (nSPS) is 25.4. The van der Waals surface area contributed by atoms with Crippen LogP contribution in [0.25, 0.3) is 0 Å². The molecule has 17 heavy (non-hydrogen) atoms. The van der Waals surface area contributed by atoms with Gasteiger partial charge in [0.15, 0.2) is 0 Å². The second kappa shape index (κ2) is 5.09. The minimum Gasteiger partial charge on any atom is -0.368 e. The molecule has 0 aliphatic carbocycles. The summed E-state index contributed by atoms with van der Waals surface area (Å²) in [6, 6.07) is 10.2. The Morgan fingerprint density at radius 2 is 1.59 bits per heavy atom. The lowest BCUT2D eigenvalue weighted by molar-refractivity contribution is 0.407. The summed E-state index contributed by atoms with van der Waals surface area (Å²) >= 11 is 0. The van der Waals surface area contributed by atoms with Gasteiger partial charge in [0.1, 0.15) is 0 Å². The molecule has 0 amide bonds. The molecule has 1 saturated heterocycles. The minimum absolute atomic E-state index is 0.573. The zero-order valence-electron chi connectivity index (χ0n) is 11.4. The van der Waals surface area contributed by atoms with Gasteiger partial charge < -0.3 is 10.2 Å². The van der Waals surface area contributed by atoms with Gasteiger partial charge in [-0.05, 0) is 37.5 Å². The van der Waals surface area contributed by atoms with Crippen LogP contribution in [0.3, 0.4) is 0 Å². The second-order valence-electron chi connectivity index (χ2n) is 5.62. The minimum atomic E-state index is 0.573. The van der Waals surface area contributed by atoms with Crippen molar-refractivity contribution in [3.63, 3.8) is 0 Å². The van der Waals surface area contributed by atoms with Crippen molar-refractivity contribution >= 4 is 5.69 Å². The predicted molar refractivity (Wildman–Crippen MR) is 74.8 cm³/mol. The Kier molecular flexibility index (Phi) is 3.72. The molecule has 0 aromatic heterocycles. The summed E-state index contributed by atoms with van der Waals surface area (Å²) in [5.41, 5.74) is 2.78. The number of nitrogens with one attached hydrogen (secondary N) is 1. The Morgan fingerprint density at radius 3 is 2.06 bits per heavy atom. The fourth-order valence-electron chi connectivity index (χ4n) is 2.61. The van der Waals surface area contributed by atoms with Gasteiger partial charge >= 0.3 is 0 Å². The molecule has 0 spiro atoms. The largest absolute Gasteiger partial charge is 0.368 e. The Morgan fingerprint density at radius 1 is 1.06 bits per heavy atom. The van der Waals surface area contributed by atoms with Crippen molar-refractivity contribution in [3.8, 4) is 0 Å². The molecule has 2 heteroatoms. The van der Waals surface area contributed by atoms with Crippen LogP contribution in [0.2, 0.25) is 0 Å². The molecular formula is C15H24N2. The maximum atomic E-state index is 3.57. The highest BCUT2D eigenvalue weighted by Gasteiger charge is 2.20. The average molecular weight is 232 g/mol. The molecule has 0 saturated carbocycles. The van der Waals surface area contributed by atoms with Crippen LogP contribution in [0.4, 0.5) is 5.69 Å². The van der Waals surface area contributed by atoms with Crippen molar-refractivity contribution in [1.82, 2.24) is 5.32 Å². The second-order valence-corrected chi connectivity index (χ2v) is 5.62. The molecule has 1 aliphatic heterocycles. The molecule has 0 unspecified atom stereocenters. The van der Waals surface area contributed by atoms with Gasteiger partial charge in [0.05, 0.1) is 0 Å². The van der Waals surface area contributed by atoms with Crippen LogP contribution in [0.1, 0.15) is 39.2 Å². The van der Waals surface area contributed by atoms with Gasteiger partial charge in [-0.1, -0.05) is 26.0 Å². The van der Waals surface area contributed by atoms with Gasteiger partial charge in [0.25, 0.3) is 0 Å². The molecule has 2 rings (SSSR count). The molecule has 2 atom stereocenters. The fourth-order valence-corrected chi connectivity index (χ4v) is 2.61. The maximum absolute atomic E-state index is 3.57. The lowest BCUT2D eigenvalue weighted by Crippen LogP contribution is -2.54. The molecular weight excluding hydrogens is 208 g/mol. The first-order valence-corrected chi connectivity index (χ1v) is 6.67. The topological polar surface area (TPSA) is 15.3 Å². The van der Waals surface area contributed by atoms with Gasteiger partial charge in [0, 0.05) is 30.9 Å². The predicted octanol–water partition coefficient (Wildman–Crippen LogP) is 3.00. The van der Waals surface area contributed by atoms with E-state index in [2.05, 4.69) is 62.2 Å². The van der Waals surface area contributed by atoms with Crippen molar-refractivity contribution < 1.29 is 0 Å². The first-order valence-electron chi connectivity index (χ1n) is 6.67. The molecule has 1 fully saturated rings. The van der Waals surface area contributed by atoms with Gasteiger partial charge in [-0.2, -0.15) is 0 Å². The van der Waals surface area contributed by atoms with Crippen LogP contribution in [0, 0.1) is 0 Å². The van der Waals surface area contributed by atoms with Gasteiger partial charge in [-0.25, -0.2) is 0 Å². The zero-order valence-corrected chi connectivity index (χ0v) is 11.4. The molecule has 0 radical (unpaired) electrons. The molecule has 1 N–H and O–H groups in total. The summed E-state index contributed by atoms with van der Waals surface area (Å²) in [7, 11) is 0. The molecule has 1 aromatic carbocycles. The zero-order chi connectivity index (χ0) is 12.4. The van der Waals surface area contributed by atoms with E-state index in [1.165, 1.54) is 11.3 Å². The number of hydrogen-bond donors (Lipinski definition) is 1. The van der Waals surface area contributed by atoms with Gasteiger partial charge in [-0.15, -0.1) is 0 Å². The number of benzene rings is 1. The highest BCUT2D eigenvalue weighted by atomic mass is 15.2. The van der Waals surface area contributed by atoms with Crippen LogP contribution in [-0.4, -0.2) is 25.2 Å². The van der Waals surface area contributed by atoms with E-state index in [0.29, 0.717) is 18.0 Å². The summed E-state index contributed by atoms with van der Waals surface area (Å²) < 4.78 is 0. The maximum Gasteiger partial charge on any atom is 0.0367 e. The summed E-state index contributed by atoms with van der Waals surface area (Å²) in [5.74, 6) is 0.616. The molecule has 1 aliphatic rings. The van der Waals surface area contributed by atoms with Crippen LogP contribution >= 0.6 is 0 Å². The third-order valence-electron chi connectivity index (χ3n) is 3.48. The summed E-state index contributed by atoms with van der Waals surface area (Å²) in [4.78, 5) is 2.48. The van der Waals surface area contributed by atoms with Crippen LogP contribution in [-0.2, 0) is 0 Å². The Balaban J connectivity index is 2.11. The standard InChI is InChI=1S/C15H24N2/c1-11(2)14-5-7-15(8-6-14)17-9-12(3)16-13(4)10-17/h5-8,11-13,16H,9-10H2,1-4H3/t12-,13-/m1/s1. The van der Waals surface area contributed by atoms with E-state index < -0.39 is 0 Å². The lowest BCUT2D eigenvalue weighted by Gasteiger charge is -2.37. The van der Waals surface area contributed by atoms with Crippen LogP contribution in [0.5, 0.6) is 0 Å². The fraction of sp³-hybridized carbons (Fsp3) is 0.600. The smallest absolute Gasteiger partial charge is 0.0367 e. The van der Waals surface area contributed by atoms with Crippen molar-refractivity contribution in [2.75, 3.05) is 18.0 Å².